The molecule has 0 unspecified atom stereocenters. The largest absolute Gasteiger partial charge is 0.249 e. The van der Waals surface area contributed by atoms with E-state index < -0.39 is 0 Å². The van der Waals surface area contributed by atoms with E-state index in [0.717, 1.165) is 17.2 Å². The highest BCUT2D eigenvalue weighted by Gasteiger charge is 2.07. The standard InChI is InChI=1S/C13H21N3/c1-9(2)11(5)7-8-12-14-13(10(3)4)15-16(12)6/h7-10H,5H2,1-4,6H3/b8-7-. The van der Waals surface area contributed by atoms with Gasteiger partial charge in [-0.15, -0.1) is 0 Å². The minimum atomic E-state index is 0.363. The Bertz CT molecular complexity index is 397. The van der Waals surface area contributed by atoms with Gasteiger partial charge in [-0.3, -0.25) is 0 Å². The summed E-state index contributed by atoms with van der Waals surface area (Å²) in [5, 5.41) is 4.36. The molecule has 0 atom stereocenters. The Balaban J connectivity index is 2.85. The summed E-state index contributed by atoms with van der Waals surface area (Å²) in [6.45, 7) is 12.4. The normalized spacial score (nSPS) is 11.9. The first-order valence-corrected chi connectivity index (χ1v) is 5.69. The zero-order chi connectivity index (χ0) is 12.3. The molecule has 1 heterocycles. The lowest BCUT2D eigenvalue weighted by molar-refractivity contribution is 0.706. The van der Waals surface area contributed by atoms with Crippen molar-refractivity contribution in [3.63, 3.8) is 0 Å². The molecular formula is C13H21N3. The maximum absolute atomic E-state index is 4.46. The molecule has 0 aromatic carbocycles. The van der Waals surface area contributed by atoms with E-state index in [1.54, 1.807) is 4.68 Å². The first-order valence-electron chi connectivity index (χ1n) is 5.69. The number of aryl methyl sites for hydroxylation is 1. The second-order valence-electron chi connectivity index (χ2n) is 4.67. The minimum Gasteiger partial charge on any atom is -0.249 e. The Morgan fingerprint density at radius 1 is 1.31 bits per heavy atom. The van der Waals surface area contributed by atoms with Gasteiger partial charge >= 0.3 is 0 Å². The highest BCUT2D eigenvalue weighted by atomic mass is 15.3. The lowest BCUT2D eigenvalue weighted by Gasteiger charge is -2.01. The van der Waals surface area contributed by atoms with Crippen LogP contribution in [0.3, 0.4) is 0 Å². The number of hydrogen-bond donors (Lipinski definition) is 0. The van der Waals surface area contributed by atoms with Crippen LogP contribution in [0.15, 0.2) is 18.2 Å². The molecule has 1 rings (SSSR count). The third-order valence-electron chi connectivity index (χ3n) is 2.52. The number of nitrogens with zero attached hydrogens (tertiary/aromatic N) is 3. The van der Waals surface area contributed by atoms with Gasteiger partial charge in [0.25, 0.3) is 0 Å². The van der Waals surface area contributed by atoms with Crippen LogP contribution in [0.25, 0.3) is 6.08 Å². The van der Waals surface area contributed by atoms with E-state index in [9.17, 15) is 0 Å². The zero-order valence-corrected chi connectivity index (χ0v) is 10.9. The van der Waals surface area contributed by atoms with Crippen molar-refractivity contribution >= 4 is 6.08 Å². The molecule has 0 bridgehead atoms. The highest BCUT2D eigenvalue weighted by molar-refractivity contribution is 5.45. The van der Waals surface area contributed by atoms with Gasteiger partial charge in [-0.2, -0.15) is 5.10 Å². The van der Waals surface area contributed by atoms with Crippen LogP contribution in [0.2, 0.25) is 0 Å². The van der Waals surface area contributed by atoms with E-state index in [1.165, 1.54) is 0 Å². The van der Waals surface area contributed by atoms with Gasteiger partial charge in [0.05, 0.1) is 0 Å². The van der Waals surface area contributed by atoms with E-state index >= 15 is 0 Å². The van der Waals surface area contributed by atoms with Crippen LogP contribution in [0.4, 0.5) is 0 Å². The van der Waals surface area contributed by atoms with Gasteiger partial charge < -0.3 is 0 Å². The molecule has 0 saturated carbocycles. The SMILES string of the molecule is C=C(/C=C\c1nc(C(C)C)nn1C)C(C)C. The second kappa shape index (κ2) is 5.10. The van der Waals surface area contributed by atoms with Crippen molar-refractivity contribution < 1.29 is 0 Å². The third-order valence-corrected chi connectivity index (χ3v) is 2.52. The molecule has 0 amide bonds. The van der Waals surface area contributed by atoms with Gasteiger partial charge in [0.1, 0.15) is 0 Å². The topological polar surface area (TPSA) is 30.7 Å². The maximum Gasteiger partial charge on any atom is 0.153 e. The fraction of sp³-hybridized carbons (Fsp3) is 0.538. The maximum atomic E-state index is 4.46. The van der Waals surface area contributed by atoms with Gasteiger partial charge in [-0.25, -0.2) is 9.67 Å². The third kappa shape index (κ3) is 3.05. The molecule has 0 spiro atoms. The zero-order valence-electron chi connectivity index (χ0n) is 10.9. The Labute approximate surface area is 97.9 Å². The highest BCUT2D eigenvalue weighted by Crippen LogP contribution is 2.13. The van der Waals surface area contributed by atoms with Crippen molar-refractivity contribution in [3.8, 4) is 0 Å². The molecule has 0 aliphatic carbocycles. The quantitative estimate of drug-likeness (QED) is 0.728. The lowest BCUT2D eigenvalue weighted by Crippen LogP contribution is -1.95. The predicted molar refractivity (Wildman–Crippen MR) is 68.1 cm³/mol. The van der Waals surface area contributed by atoms with Crippen LogP contribution in [-0.4, -0.2) is 14.8 Å². The predicted octanol–water partition coefficient (Wildman–Crippen LogP) is 3.16. The Kier molecular flexibility index (Phi) is 4.05. The van der Waals surface area contributed by atoms with Gasteiger partial charge in [0, 0.05) is 13.0 Å². The average molecular weight is 219 g/mol. The van der Waals surface area contributed by atoms with Gasteiger partial charge in [-0.1, -0.05) is 45.9 Å². The van der Waals surface area contributed by atoms with Crippen molar-refractivity contribution in [1.82, 2.24) is 14.8 Å². The second-order valence-corrected chi connectivity index (χ2v) is 4.67. The molecule has 0 aliphatic rings. The summed E-state index contributed by atoms with van der Waals surface area (Å²) in [7, 11) is 1.91. The summed E-state index contributed by atoms with van der Waals surface area (Å²) in [4.78, 5) is 4.46. The van der Waals surface area contributed by atoms with E-state index in [0.29, 0.717) is 11.8 Å². The van der Waals surface area contributed by atoms with E-state index in [1.807, 2.05) is 19.2 Å². The van der Waals surface area contributed by atoms with E-state index in [-0.39, 0.29) is 0 Å². The van der Waals surface area contributed by atoms with E-state index in [4.69, 9.17) is 0 Å². The molecular weight excluding hydrogens is 198 g/mol. The molecule has 1 aromatic rings. The van der Waals surface area contributed by atoms with Gasteiger partial charge in [0.15, 0.2) is 11.6 Å². The van der Waals surface area contributed by atoms with Gasteiger partial charge in [-0.05, 0) is 12.0 Å². The summed E-state index contributed by atoms with van der Waals surface area (Å²) < 4.78 is 1.80. The lowest BCUT2D eigenvalue weighted by atomic mass is 10.1. The summed E-state index contributed by atoms with van der Waals surface area (Å²) >= 11 is 0. The van der Waals surface area contributed by atoms with Crippen LogP contribution in [0.5, 0.6) is 0 Å². The van der Waals surface area contributed by atoms with Crippen molar-refractivity contribution in [2.75, 3.05) is 0 Å². The first kappa shape index (κ1) is 12.7. The van der Waals surface area contributed by atoms with Crippen molar-refractivity contribution in [2.45, 2.75) is 33.6 Å². The van der Waals surface area contributed by atoms with Gasteiger partial charge in [0.2, 0.25) is 0 Å². The molecule has 16 heavy (non-hydrogen) atoms. The molecule has 3 nitrogen and oxygen atoms in total. The molecule has 3 heteroatoms. The molecule has 0 fully saturated rings. The first-order chi connectivity index (χ1) is 7.41. The molecule has 0 N–H and O–H groups in total. The Morgan fingerprint density at radius 3 is 2.38 bits per heavy atom. The van der Waals surface area contributed by atoms with Crippen LogP contribution < -0.4 is 0 Å². The van der Waals surface area contributed by atoms with Crippen LogP contribution in [0.1, 0.15) is 45.3 Å². The molecule has 88 valence electrons. The van der Waals surface area contributed by atoms with Crippen LogP contribution >= 0.6 is 0 Å². The summed E-state index contributed by atoms with van der Waals surface area (Å²) in [6, 6.07) is 0. The number of aromatic nitrogens is 3. The number of allylic oxidation sites excluding steroid dienone is 2. The Morgan fingerprint density at radius 2 is 1.94 bits per heavy atom. The smallest absolute Gasteiger partial charge is 0.153 e. The molecule has 0 radical (unpaired) electrons. The van der Waals surface area contributed by atoms with Crippen molar-refractivity contribution in [2.24, 2.45) is 13.0 Å². The number of hydrogen-bond acceptors (Lipinski definition) is 2. The minimum absolute atomic E-state index is 0.363. The van der Waals surface area contributed by atoms with Crippen LogP contribution in [-0.2, 0) is 7.05 Å². The van der Waals surface area contributed by atoms with E-state index in [2.05, 4.69) is 44.4 Å². The Hall–Kier alpha value is -1.38. The molecule has 1 aromatic heterocycles. The molecule has 0 aliphatic heterocycles. The monoisotopic (exact) mass is 219 g/mol. The summed E-state index contributed by atoms with van der Waals surface area (Å²) in [6.07, 6.45) is 3.99. The van der Waals surface area contributed by atoms with Crippen molar-refractivity contribution in [3.05, 3.63) is 29.9 Å². The fourth-order valence-electron chi connectivity index (χ4n) is 1.18. The molecule has 0 saturated heterocycles. The fourth-order valence-corrected chi connectivity index (χ4v) is 1.18. The van der Waals surface area contributed by atoms with Crippen LogP contribution in [0, 0.1) is 5.92 Å². The summed E-state index contributed by atoms with van der Waals surface area (Å²) in [5.74, 6) is 2.60. The number of rotatable bonds is 4. The summed E-state index contributed by atoms with van der Waals surface area (Å²) in [5.41, 5.74) is 1.11. The van der Waals surface area contributed by atoms with Crippen molar-refractivity contribution in [1.29, 1.82) is 0 Å². The average Bonchev–Trinajstić information content (AvgIpc) is 2.56.